The second-order valence-corrected chi connectivity index (χ2v) is 15.2. The van der Waals surface area contributed by atoms with Gasteiger partial charge < -0.3 is 39.1 Å². The number of nitrogens with one attached hydrogen (secondary N) is 2. The standard InChI is InChI=1S/C46H44N2O14S/c1-29(2)45(53)59-25-23-37(49)41(57-5)27-43(51)47-35-11-7-9-13-39(35)61-31-15-19-33(20-16-31)63(55,56)34-21-17-32(18-22-34)62-40-14-10-8-12-36(40)48-44(52)28-42(58-6)38(50)24-26-60-46(54)30(3)4/h7-22,27-28H,1,3,23-26H2,2,4-6H3,(H,47,51)(H,48,52)/b41-27-,42-28-. The van der Waals surface area contributed by atoms with Crippen molar-refractivity contribution in [3.05, 3.63) is 145 Å². The predicted octanol–water partition coefficient (Wildman–Crippen LogP) is 7.20. The average molecular weight is 881 g/mol. The Morgan fingerprint density at radius 1 is 0.556 bits per heavy atom. The zero-order valence-corrected chi connectivity index (χ0v) is 35.6. The summed E-state index contributed by atoms with van der Waals surface area (Å²) in [7, 11) is -1.57. The molecule has 4 aromatic carbocycles. The highest BCUT2D eigenvalue weighted by atomic mass is 32.2. The van der Waals surface area contributed by atoms with Crippen molar-refractivity contribution < 1.29 is 65.6 Å². The first kappa shape index (κ1) is 47.9. The molecule has 63 heavy (non-hydrogen) atoms. The van der Waals surface area contributed by atoms with Crippen molar-refractivity contribution in [3.8, 4) is 23.0 Å². The van der Waals surface area contributed by atoms with Gasteiger partial charge in [-0.3, -0.25) is 19.2 Å². The molecule has 0 aliphatic heterocycles. The Balaban J connectivity index is 1.38. The van der Waals surface area contributed by atoms with Gasteiger partial charge in [0.1, 0.15) is 11.5 Å². The number of carbonyl (C=O) groups is 6. The van der Waals surface area contributed by atoms with Gasteiger partial charge >= 0.3 is 11.9 Å². The van der Waals surface area contributed by atoms with Gasteiger partial charge in [-0.1, -0.05) is 37.4 Å². The van der Waals surface area contributed by atoms with E-state index in [2.05, 4.69) is 23.8 Å². The number of ether oxygens (including phenoxy) is 6. The molecule has 0 bridgehead atoms. The van der Waals surface area contributed by atoms with Crippen LogP contribution >= 0.6 is 0 Å². The molecule has 0 saturated heterocycles. The summed E-state index contributed by atoms with van der Waals surface area (Å²) in [5.41, 5.74) is 0.833. The highest BCUT2D eigenvalue weighted by Gasteiger charge is 2.20. The molecular formula is C46H44N2O14S. The molecule has 0 aromatic heterocycles. The second-order valence-electron chi connectivity index (χ2n) is 13.2. The Morgan fingerprint density at radius 3 is 1.24 bits per heavy atom. The van der Waals surface area contributed by atoms with Crippen molar-refractivity contribution in [2.24, 2.45) is 0 Å². The van der Waals surface area contributed by atoms with Crippen LogP contribution in [0.4, 0.5) is 11.4 Å². The number of anilines is 2. The molecule has 0 saturated carbocycles. The zero-order valence-electron chi connectivity index (χ0n) is 34.8. The molecule has 0 radical (unpaired) electrons. The number of Topliss-reactive ketones (excluding diaryl/α,β-unsaturated/α-hetero) is 2. The van der Waals surface area contributed by atoms with E-state index in [0.29, 0.717) is 0 Å². The normalized spacial score (nSPS) is 11.3. The van der Waals surface area contributed by atoms with Gasteiger partial charge in [-0.25, -0.2) is 18.0 Å². The Kier molecular flexibility index (Phi) is 17.3. The molecule has 0 spiro atoms. The number of rotatable bonds is 22. The van der Waals surface area contributed by atoms with Crippen LogP contribution in [0.5, 0.6) is 23.0 Å². The van der Waals surface area contributed by atoms with Crippen LogP contribution in [0, 0.1) is 0 Å². The first-order valence-electron chi connectivity index (χ1n) is 18.9. The summed E-state index contributed by atoms with van der Waals surface area (Å²) in [5, 5.41) is 5.25. The van der Waals surface area contributed by atoms with Crippen LogP contribution in [0.25, 0.3) is 0 Å². The quantitative estimate of drug-likeness (QED) is 0.0454. The van der Waals surface area contributed by atoms with Gasteiger partial charge in [-0.05, 0) is 86.6 Å². The zero-order chi connectivity index (χ0) is 46.1. The SMILES string of the molecule is C=C(C)C(=O)OCCC(=O)/C(=C/C(=O)Nc1ccccc1Oc1ccc(S(=O)(=O)c2ccc(Oc3ccccc3NC(=O)/C=C(\OC)C(=O)CCOC(=O)C(=C)C)cc2)cc1)OC. The molecule has 4 aromatic rings. The van der Waals surface area contributed by atoms with Crippen LogP contribution in [0.2, 0.25) is 0 Å². The van der Waals surface area contributed by atoms with E-state index < -0.39 is 45.2 Å². The number of esters is 2. The van der Waals surface area contributed by atoms with Crippen LogP contribution in [-0.2, 0) is 57.6 Å². The molecule has 0 atom stereocenters. The summed E-state index contributed by atoms with van der Waals surface area (Å²) in [6.07, 6.45) is 1.47. The Labute approximate surface area is 363 Å². The highest BCUT2D eigenvalue weighted by Crippen LogP contribution is 2.33. The number of amides is 2. The summed E-state index contributed by atoms with van der Waals surface area (Å²) in [6.45, 7) is 9.43. The first-order chi connectivity index (χ1) is 30.0. The van der Waals surface area contributed by atoms with Crippen molar-refractivity contribution in [2.75, 3.05) is 38.1 Å². The number of para-hydroxylation sites is 4. The Hall–Kier alpha value is -7.79. The monoisotopic (exact) mass is 880 g/mol. The topological polar surface area (TPSA) is 216 Å². The molecule has 17 heteroatoms. The van der Waals surface area contributed by atoms with Gasteiger partial charge in [0.2, 0.25) is 21.4 Å². The van der Waals surface area contributed by atoms with E-state index in [9.17, 15) is 37.2 Å². The number of hydrogen-bond donors (Lipinski definition) is 2. The van der Waals surface area contributed by atoms with E-state index in [4.69, 9.17) is 28.4 Å². The molecule has 4 rings (SSSR count). The minimum atomic E-state index is -4.01. The van der Waals surface area contributed by atoms with Crippen LogP contribution in [-0.4, -0.2) is 71.2 Å². The molecule has 16 nitrogen and oxygen atoms in total. The molecule has 0 fully saturated rings. The maximum Gasteiger partial charge on any atom is 0.333 e. The van der Waals surface area contributed by atoms with Crippen LogP contribution < -0.4 is 20.1 Å². The van der Waals surface area contributed by atoms with Gasteiger partial charge in [0, 0.05) is 36.1 Å². The summed E-state index contributed by atoms with van der Waals surface area (Å²) in [6, 6.07) is 24.1. The van der Waals surface area contributed by atoms with Crippen LogP contribution in [0.15, 0.2) is 155 Å². The van der Waals surface area contributed by atoms with E-state index in [1.54, 1.807) is 48.5 Å². The van der Waals surface area contributed by atoms with Crippen molar-refractivity contribution in [1.82, 2.24) is 0 Å². The fourth-order valence-corrected chi connectivity index (χ4v) is 6.39. The molecule has 0 aliphatic rings. The van der Waals surface area contributed by atoms with Crippen LogP contribution in [0.3, 0.4) is 0 Å². The van der Waals surface area contributed by atoms with Crippen molar-refractivity contribution >= 4 is 56.5 Å². The van der Waals surface area contributed by atoms with Crippen molar-refractivity contribution in [3.63, 3.8) is 0 Å². The number of hydrogen-bond acceptors (Lipinski definition) is 14. The van der Waals surface area contributed by atoms with E-state index in [1.165, 1.54) is 76.6 Å². The molecule has 328 valence electrons. The minimum Gasteiger partial charge on any atom is -0.493 e. The van der Waals surface area contributed by atoms with E-state index >= 15 is 0 Å². The van der Waals surface area contributed by atoms with Crippen LogP contribution in [0.1, 0.15) is 26.7 Å². The summed E-state index contributed by atoms with van der Waals surface area (Å²) in [4.78, 5) is 73.8. The molecule has 2 N–H and O–H groups in total. The maximum atomic E-state index is 13.6. The number of allylic oxidation sites excluding steroid dienone is 2. The van der Waals surface area contributed by atoms with Gasteiger partial charge in [0.15, 0.2) is 23.0 Å². The third-order valence-electron chi connectivity index (χ3n) is 8.35. The maximum absolute atomic E-state index is 13.6. The second kappa shape index (κ2) is 22.7. The lowest BCUT2D eigenvalue weighted by Crippen LogP contribution is -2.16. The molecule has 0 heterocycles. The third kappa shape index (κ3) is 14.1. The Bertz CT molecular complexity index is 2390. The van der Waals surface area contributed by atoms with E-state index in [-0.39, 0.29) is 92.9 Å². The molecule has 2 amide bonds. The third-order valence-corrected chi connectivity index (χ3v) is 10.1. The smallest absolute Gasteiger partial charge is 0.333 e. The van der Waals surface area contributed by atoms with Gasteiger partial charge in [-0.15, -0.1) is 0 Å². The minimum absolute atomic E-state index is 0.0377. The number of sulfone groups is 1. The summed E-state index contributed by atoms with van der Waals surface area (Å²) >= 11 is 0. The van der Waals surface area contributed by atoms with Gasteiger partial charge in [-0.2, -0.15) is 0 Å². The number of ketones is 2. The largest absolute Gasteiger partial charge is 0.493 e. The fourth-order valence-electron chi connectivity index (χ4n) is 5.13. The van der Waals surface area contributed by atoms with Crippen molar-refractivity contribution in [2.45, 2.75) is 36.5 Å². The first-order valence-corrected chi connectivity index (χ1v) is 20.3. The average Bonchev–Trinajstić information content (AvgIpc) is 3.26. The lowest BCUT2D eigenvalue weighted by atomic mass is 10.2. The number of benzene rings is 4. The highest BCUT2D eigenvalue weighted by molar-refractivity contribution is 7.91. The summed E-state index contributed by atoms with van der Waals surface area (Å²) in [5.74, 6) is -3.45. The van der Waals surface area contributed by atoms with Crippen molar-refractivity contribution in [1.29, 1.82) is 0 Å². The van der Waals surface area contributed by atoms with Gasteiger partial charge in [0.05, 0.1) is 48.6 Å². The Morgan fingerprint density at radius 2 is 0.905 bits per heavy atom. The molecular weight excluding hydrogens is 837 g/mol. The lowest BCUT2D eigenvalue weighted by molar-refractivity contribution is -0.140. The van der Waals surface area contributed by atoms with E-state index in [0.717, 1.165) is 12.2 Å². The van der Waals surface area contributed by atoms with E-state index in [1.807, 2.05) is 0 Å². The molecule has 0 aliphatic carbocycles. The number of carbonyl (C=O) groups excluding carboxylic acids is 6. The van der Waals surface area contributed by atoms with Gasteiger partial charge in [0.25, 0.3) is 11.8 Å². The predicted molar refractivity (Wildman–Crippen MR) is 230 cm³/mol. The fraction of sp³-hybridized carbons (Fsp3) is 0.174. The number of methoxy groups -OCH3 is 2. The lowest BCUT2D eigenvalue weighted by Gasteiger charge is -2.13. The molecule has 0 unspecified atom stereocenters. The summed E-state index contributed by atoms with van der Waals surface area (Å²) < 4.78 is 59.1.